The molecule has 7 heteroatoms. The van der Waals surface area contributed by atoms with E-state index >= 15 is 0 Å². The summed E-state index contributed by atoms with van der Waals surface area (Å²) in [6, 6.07) is -1.63. The van der Waals surface area contributed by atoms with Crippen LogP contribution in [0.25, 0.3) is 0 Å². The van der Waals surface area contributed by atoms with Crippen LogP contribution >= 0.6 is 0 Å². The highest BCUT2D eigenvalue weighted by Crippen LogP contribution is 2.05. The Morgan fingerprint density at radius 3 is 2.30 bits per heavy atom. The summed E-state index contributed by atoms with van der Waals surface area (Å²) < 4.78 is 0. The van der Waals surface area contributed by atoms with Crippen molar-refractivity contribution in [3.8, 4) is 0 Å². The molecule has 0 spiro atoms. The highest BCUT2D eigenvalue weighted by Gasteiger charge is 2.20. The van der Waals surface area contributed by atoms with Crippen molar-refractivity contribution in [2.45, 2.75) is 52.0 Å². The molecule has 0 aromatic rings. The molecule has 0 radical (unpaired) electrons. The molecule has 0 rings (SSSR count). The van der Waals surface area contributed by atoms with Gasteiger partial charge >= 0.3 is 12.0 Å². The molecular weight excluding hydrogens is 262 g/mol. The zero-order chi connectivity index (χ0) is 15.5. The maximum atomic E-state index is 11.5. The van der Waals surface area contributed by atoms with Crippen molar-refractivity contribution in [1.29, 1.82) is 0 Å². The van der Waals surface area contributed by atoms with E-state index in [1.807, 2.05) is 0 Å². The van der Waals surface area contributed by atoms with Gasteiger partial charge in [-0.3, -0.25) is 4.79 Å². The summed E-state index contributed by atoms with van der Waals surface area (Å²) in [7, 11) is 0. The van der Waals surface area contributed by atoms with Crippen LogP contribution in [0, 0.1) is 5.92 Å². The van der Waals surface area contributed by atoms with Crippen molar-refractivity contribution in [2.24, 2.45) is 11.7 Å². The number of primary amides is 1. The van der Waals surface area contributed by atoms with Gasteiger partial charge in [0.05, 0.1) is 0 Å². The second kappa shape index (κ2) is 10.1. The topological polar surface area (TPSA) is 122 Å². The molecule has 20 heavy (non-hydrogen) atoms. The third-order valence-electron chi connectivity index (χ3n) is 2.78. The molecule has 1 unspecified atom stereocenters. The molecule has 7 nitrogen and oxygen atoms in total. The number of carbonyl (C=O) groups is 3. The van der Waals surface area contributed by atoms with Crippen molar-refractivity contribution >= 4 is 17.9 Å². The molecule has 0 aromatic carbocycles. The number of nitrogens with two attached hydrogens (primary N) is 1. The normalized spacial score (nSPS) is 11.9. The van der Waals surface area contributed by atoms with Gasteiger partial charge < -0.3 is 21.5 Å². The predicted octanol–water partition coefficient (Wildman–Crippen LogP) is 0.831. The average Bonchev–Trinajstić information content (AvgIpc) is 2.32. The first-order valence-electron chi connectivity index (χ1n) is 6.88. The lowest BCUT2D eigenvalue weighted by Crippen LogP contribution is -2.46. The quantitative estimate of drug-likeness (QED) is 0.444. The largest absolute Gasteiger partial charge is 0.480 e. The summed E-state index contributed by atoms with van der Waals surface area (Å²) in [6.07, 6.45) is 2.88. The lowest BCUT2D eigenvalue weighted by Gasteiger charge is -2.14. The average molecular weight is 287 g/mol. The van der Waals surface area contributed by atoms with Crippen LogP contribution < -0.4 is 16.4 Å². The number of urea groups is 1. The lowest BCUT2D eigenvalue weighted by atomic mass is 10.1. The summed E-state index contributed by atoms with van der Waals surface area (Å²) in [5, 5.41) is 13.8. The Hall–Kier alpha value is -1.79. The number of nitrogens with one attached hydrogen (secondary N) is 2. The van der Waals surface area contributed by atoms with Gasteiger partial charge in [-0.1, -0.05) is 26.7 Å². The van der Waals surface area contributed by atoms with Gasteiger partial charge in [-0.15, -0.1) is 0 Å². The summed E-state index contributed by atoms with van der Waals surface area (Å²) in [5.41, 5.74) is 4.95. The van der Waals surface area contributed by atoms with Crippen LogP contribution in [-0.4, -0.2) is 35.6 Å². The van der Waals surface area contributed by atoms with E-state index in [9.17, 15) is 14.4 Å². The zero-order valence-electron chi connectivity index (χ0n) is 12.1. The SMILES string of the molecule is CC(C)CCCCNC(=O)NC(CCC(N)=O)C(=O)O. The fraction of sp³-hybridized carbons (Fsp3) is 0.769. The summed E-state index contributed by atoms with van der Waals surface area (Å²) >= 11 is 0. The Morgan fingerprint density at radius 2 is 1.80 bits per heavy atom. The molecule has 0 saturated carbocycles. The number of amides is 3. The first kappa shape index (κ1) is 18.2. The minimum atomic E-state index is -1.18. The van der Waals surface area contributed by atoms with Crippen LogP contribution in [0.3, 0.4) is 0 Å². The Balaban J connectivity index is 3.89. The Kier molecular flexibility index (Phi) is 9.15. The number of hydrogen-bond acceptors (Lipinski definition) is 3. The summed E-state index contributed by atoms with van der Waals surface area (Å²) in [6.45, 7) is 4.77. The van der Waals surface area contributed by atoms with Gasteiger partial charge in [0, 0.05) is 13.0 Å². The van der Waals surface area contributed by atoms with E-state index in [1.54, 1.807) is 0 Å². The number of carboxylic acids is 1. The van der Waals surface area contributed by atoms with Gasteiger partial charge in [-0.05, 0) is 18.8 Å². The van der Waals surface area contributed by atoms with E-state index in [-0.39, 0.29) is 12.8 Å². The molecule has 0 aromatic heterocycles. The molecule has 0 heterocycles. The second-order valence-corrected chi connectivity index (χ2v) is 5.19. The van der Waals surface area contributed by atoms with Crippen molar-refractivity contribution in [2.75, 3.05) is 6.54 Å². The molecule has 3 amide bonds. The summed E-state index contributed by atoms with van der Waals surface area (Å²) in [5.74, 6) is -1.14. The van der Waals surface area contributed by atoms with E-state index in [0.717, 1.165) is 19.3 Å². The Labute approximate surface area is 119 Å². The summed E-state index contributed by atoms with van der Waals surface area (Å²) in [4.78, 5) is 33.0. The third-order valence-corrected chi connectivity index (χ3v) is 2.78. The minimum absolute atomic E-state index is 0.00850. The molecule has 0 saturated heterocycles. The fourth-order valence-corrected chi connectivity index (χ4v) is 1.63. The van der Waals surface area contributed by atoms with E-state index in [1.165, 1.54) is 0 Å². The molecule has 0 bridgehead atoms. The number of rotatable bonds is 10. The first-order chi connectivity index (χ1) is 9.32. The number of aliphatic carboxylic acids is 1. The van der Waals surface area contributed by atoms with Crippen LogP contribution in [0.2, 0.25) is 0 Å². The van der Waals surface area contributed by atoms with Crippen molar-refractivity contribution in [1.82, 2.24) is 10.6 Å². The van der Waals surface area contributed by atoms with Gasteiger partial charge in [0.15, 0.2) is 0 Å². The number of unbranched alkanes of at least 4 members (excludes halogenated alkanes) is 1. The molecule has 116 valence electrons. The first-order valence-corrected chi connectivity index (χ1v) is 6.88. The third kappa shape index (κ3) is 10.2. The van der Waals surface area contributed by atoms with Crippen LogP contribution in [0.5, 0.6) is 0 Å². The highest BCUT2D eigenvalue weighted by molar-refractivity contribution is 5.83. The Morgan fingerprint density at radius 1 is 1.15 bits per heavy atom. The minimum Gasteiger partial charge on any atom is -0.480 e. The highest BCUT2D eigenvalue weighted by atomic mass is 16.4. The predicted molar refractivity (Wildman–Crippen MR) is 75.1 cm³/mol. The maximum Gasteiger partial charge on any atom is 0.326 e. The molecular formula is C13H25N3O4. The monoisotopic (exact) mass is 287 g/mol. The molecule has 1 atom stereocenters. The van der Waals surface area contributed by atoms with E-state index in [0.29, 0.717) is 12.5 Å². The smallest absolute Gasteiger partial charge is 0.326 e. The Bertz CT molecular complexity index is 332. The zero-order valence-corrected chi connectivity index (χ0v) is 12.1. The van der Waals surface area contributed by atoms with Gasteiger partial charge in [0.1, 0.15) is 6.04 Å². The second-order valence-electron chi connectivity index (χ2n) is 5.19. The van der Waals surface area contributed by atoms with E-state index in [4.69, 9.17) is 10.8 Å². The van der Waals surface area contributed by atoms with Gasteiger partial charge in [-0.2, -0.15) is 0 Å². The van der Waals surface area contributed by atoms with Crippen molar-refractivity contribution < 1.29 is 19.5 Å². The van der Waals surface area contributed by atoms with Crippen LogP contribution in [0.1, 0.15) is 46.0 Å². The van der Waals surface area contributed by atoms with Crippen LogP contribution in [-0.2, 0) is 9.59 Å². The fourth-order valence-electron chi connectivity index (χ4n) is 1.63. The molecule has 5 N–H and O–H groups in total. The number of carbonyl (C=O) groups excluding carboxylic acids is 2. The number of carboxylic acid groups (broad SMARTS) is 1. The molecule has 0 fully saturated rings. The van der Waals surface area contributed by atoms with Crippen molar-refractivity contribution in [3.63, 3.8) is 0 Å². The van der Waals surface area contributed by atoms with Crippen LogP contribution in [0.4, 0.5) is 4.79 Å². The van der Waals surface area contributed by atoms with E-state index in [2.05, 4.69) is 24.5 Å². The van der Waals surface area contributed by atoms with Gasteiger partial charge in [-0.25, -0.2) is 9.59 Å². The number of hydrogen-bond donors (Lipinski definition) is 4. The lowest BCUT2D eigenvalue weighted by molar-refractivity contribution is -0.139. The molecule has 0 aliphatic heterocycles. The molecule has 0 aliphatic carbocycles. The van der Waals surface area contributed by atoms with E-state index < -0.39 is 23.9 Å². The van der Waals surface area contributed by atoms with Gasteiger partial charge in [0.2, 0.25) is 5.91 Å². The van der Waals surface area contributed by atoms with Crippen LogP contribution in [0.15, 0.2) is 0 Å². The standard InChI is InChI=1S/C13H25N3O4/c1-9(2)5-3-4-8-15-13(20)16-10(12(18)19)6-7-11(14)17/h9-10H,3-8H2,1-2H3,(H2,14,17)(H,18,19)(H2,15,16,20). The maximum absolute atomic E-state index is 11.5. The molecule has 0 aliphatic rings. The van der Waals surface area contributed by atoms with Crippen molar-refractivity contribution in [3.05, 3.63) is 0 Å². The van der Waals surface area contributed by atoms with Gasteiger partial charge in [0.25, 0.3) is 0 Å².